The summed E-state index contributed by atoms with van der Waals surface area (Å²) in [6, 6.07) is 9.02. The fourth-order valence-electron chi connectivity index (χ4n) is 3.25. The second kappa shape index (κ2) is 8.97. The molecular weight excluding hydrogens is 469 g/mol. The molecule has 182 valence electrons. The molecule has 2 aliphatic rings. The molecule has 2 heterocycles. The van der Waals surface area contributed by atoms with Gasteiger partial charge in [-0.3, -0.25) is 4.18 Å². The van der Waals surface area contributed by atoms with Crippen molar-refractivity contribution in [1.82, 2.24) is 0 Å². The summed E-state index contributed by atoms with van der Waals surface area (Å²) in [6.07, 6.45) is -4.94. The predicted octanol–water partition coefficient (Wildman–Crippen LogP) is 4.12. The average Bonchev–Trinajstić information content (AvgIpc) is 2.68. The second-order valence-electron chi connectivity index (χ2n) is 9.43. The van der Waals surface area contributed by atoms with Gasteiger partial charge in [0.05, 0.1) is 13.2 Å². The highest BCUT2D eigenvalue weighted by atomic mass is 32.2. The highest BCUT2D eigenvalue weighted by molar-refractivity contribution is 7.87. The van der Waals surface area contributed by atoms with Crippen LogP contribution in [0.5, 0.6) is 0 Å². The van der Waals surface area contributed by atoms with E-state index in [9.17, 15) is 21.6 Å². The van der Waals surface area contributed by atoms with Crippen LogP contribution in [0, 0.1) is 0 Å². The first kappa shape index (κ1) is 25.6. The molecule has 1 aromatic carbocycles. The molecule has 0 radical (unpaired) electrons. The Hall–Kier alpha value is -1.02. The first-order valence-corrected chi connectivity index (χ1v) is 14.5. The van der Waals surface area contributed by atoms with Crippen molar-refractivity contribution in [1.29, 1.82) is 0 Å². The van der Waals surface area contributed by atoms with Crippen molar-refractivity contribution in [3.8, 4) is 0 Å². The van der Waals surface area contributed by atoms with E-state index in [0.717, 1.165) is 0 Å². The molecule has 1 aromatic rings. The molecule has 0 saturated carbocycles. The Labute approximate surface area is 187 Å². The molecule has 2 saturated heterocycles. The van der Waals surface area contributed by atoms with E-state index in [0.29, 0.717) is 5.56 Å². The zero-order valence-corrected chi connectivity index (χ0v) is 20.4. The number of fused-ring (bicyclic) bond motifs is 1. The number of hydrogen-bond acceptors (Lipinski definition) is 7. The maximum Gasteiger partial charge on any atom is 0.523 e. The van der Waals surface area contributed by atoms with Crippen LogP contribution in [-0.2, 0) is 32.9 Å². The van der Waals surface area contributed by atoms with E-state index >= 15 is 0 Å². The Morgan fingerprint density at radius 1 is 1.03 bits per heavy atom. The monoisotopic (exact) mass is 498 g/mol. The van der Waals surface area contributed by atoms with Crippen LogP contribution in [0.3, 0.4) is 0 Å². The number of ether oxygens (including phenoxy) is 3. The summed E-state index contributed by atoms with van der Waals surface area (Å²) in [5.74, 6) is 0. The lowest BCUT2D eigenvalue weighted by atomic mass is 9.99. The van der Waals surface area contributed by atoms with Crippen molar-refractivity contribution < 1.29 is 44.4 Å². The highest BCUT2D eigenvalue weighted by Crippen LogP contribution is 2.42. The molecule has 12 heteroatoms. The van der Waals surface area contributed by atoms with Crippen LogP contribution < -0.4 is 0 Å². The minimum absolute atomic E-state index is 0.111. The number of hydrogen-bond donors (Lipinski definition) is 0. The average molecular weight is 499 g/mol. The topological polar surface area (TPSA) is 80.3 Å². The first-order chi connectivity index (χ1) is 14.6. The number of rotatable bonds is 5. The maximum atomic E-state index is 13.0. The minimum atomic E-state index is -5.86. The number of alkyl halides is 3. The highest BCUT2D eigenvalue weighted by Gasteiger charge is 2.55. The van der Waals surface area contributed by atoms with E-state index in [1.165, 1.54) is 0 Å². The Balaban J connectivity index is 1.93. The Morgan fingerprint density at radius 2 is 1.66 bits per heavy atom. The zero-order valence-electron chi connectivity index (χ0n) is 18.6. The van der Waals surface area contributed by atoms with Gasteiger partial charge in [-0.25, -0.2) is 0 Å². The van der Waals surface area contributed by atoms with Crippen LogP contribution in [0.4, 0.5) is 13.2 Å². The van der Waals surface area contributed by atoms with E-state index in [4.69, 9.17) is 18.6 Å². The van der Waals surface area contributed by atoms with Gasteiger partial charge < -0.3 is 18.6 Å². The number of halogens is 3. The molecule has 0 spiro atoms. The summed E-state index contributed by atoms with van der Waals surface area (Å²) < 4.78 is 91.0. The standard InChI is InChI=1S/C20H29F3O7SSi/c1-19(2,3)32(4,5)30-17-15(29-31(24,25)20(21,22)23)12-26-14-11-27-18(28-16(14)17)13-9-7-6-8-10-13/h6-10,14-18H,11-12H2,1-5H3/t14-,15+,16-,17-,18-/m1/s1. The summed E-state index contributed by atoms with van der Waals surface area (Å²) in [5.41, 5.74) is -4.85. The lowest BCUT2D eigenvalue weighted by Crippen LogP contribution is -2.63. The SMILES string of the molecule is CC(C)(C)[Si](C)(C)O[C@H]1[C@@H]2O[C@H](c3ccccc3)OC[C@H]2OC[C@@H]1OS(=O)(=O)C(F)(F)F. The van der Waals surface area contributed by atoms with Gasteiger partial charge in [0.2, 0.25) is 0 Å². The van der Waals surface area contributed by atoms with Crippen molar-refractivity contribution in [2.45, 2.75) is 75.1 Å². The van der Waals surface area contributed by atoms with Gasteiger partial charge in [0, 0.05) is 5.56 Å². The molecule has 32 heavy (non-hydrogen) atoms. The normalized spacial score (nSPS) is 30.1. The van der Waals surface area contributed by atoms with Crippen molar-refractivity contribution in [3.63, 3.8) is 0 Å². The van der Waals surface area contributed by atoms with Crippen LogP contribution in [0.25, 0.3) is 0 Å². The fraction of sp³-hybridized carbons (Fsp3) is 0.700. The van der Waals surface area contributed by atoms with E-state index < -0.39 is 61.3 Å². The van der Waals surface area contributed by atoms with Crippen molar-refractivity contribution in [3.05, 3.63) is 35.9 Å². The van der Waals surface area contributed by atoms with Gasteiger partial charge in [0.25, 0.3) is 0 Å². The fourth-order valence-corrected chi connectivity index (χ4v) is 5.17. The Bertz CT molecular complexity index is 887. The zero-order chi connectivity index (χ0) is 23.9. The van der Waals surface area contributed by atoms with Crippen LogP contribution in [0.1, 0.15) is 32.6 Å². The molecule has 0 amide bonds. The summed E-state index contributed by atoms with van der Waals surface area (Å²) in [5, 5.41) is -0.293. The van der Waals surface area contributed by atoms with E-state index in [-0.39, 0.29) is 11.6 Å². The summed E-state index contributed by atoms with van der Waals surface area (Å²) >= 11 is 0. The van der Waals surface area contributed by atoms with Crippen LogP contribution in [0.2, 0.25) is 18.1 Å². The largest absolute Gasteiger partial charge is 0.523 e. The van der Waals surface area contributed by atoms with Gasteiger partial charge in [-0.15, -0.1) is 0 Å². The molecule has 0 N–H and O–H groups in total. The van der Waals surface area contributed by atoms with Gasteiger partial charge >= 0.3 is 15.6 Å². The van der Waals surface area contributed by atoms with Gasteiger partial charge in [-0.05, 0) is 18.1 Å². The molecule has 2 fully saturated rings. The van der Waals surface area contributed by atoms with Crippen LogP contribution >= 0.6 is 0 Å². The third kappa shape index (κ3) is 5.37. The van der Waals surface area contributed by atoms with Crippen molar-refractivity contribution in [2.24, 2.45) is 0 Å². The number of benzene rings is 1. The van der Waals surface area contributed by atoms with Gasteiger partial charge in [-0.2, -0.15) is 21.6 Å². The third-order valence-electron chi connectivity index (χ3n) is 6.07. The molecule has 5 atom stereocenters. The molecule has 0 bridgehead atoms. The van der Waals surface area contributed by atoms with Gasteiger partial charge in [-0.1, -0.05) is 51.1 Å². The van der Waals surface area contributed by atoms with Gasteiger partial charge in [0.15, 0.2) is 14.6 Å². The van der Waals surface area contributed by atoms with E-state index in [1.807, 2.05) is 39.9 Å². The maximum absolute atomic E-state index is 13.0. The molecule has 7 nitrogen and oxygen atoms in total. The van der Waals surface area contributed by atoms with Gasteiger partial charge in [0.1, 0.15) is 24.4 Å². The first-order valence-electron chi connectivity index (χ1n) is 10.2. The van der Waals surface area contributed by atoms with E-state index in [2.05, 4.69) is 4.18 Å². The molecule has 0 aromatic heterocycles. The lowest BCUT2D eigenvalue weighted by Gasteiger charge is -2.49. The Morgan fingerprint density at radius 3 is 2.22 bits per heavy atom. The van der Waals surface area contributed by atoms with Crippen molar-refractivity contribution >= 4 is 18.4 Å². The molecular formula is C20H29F3O7SSi. The molecule has 2 aliphatic heterocycles. The lowest BCUT2D eigenvalue weighted by molar-refractivity contribution is -0.309. The second-order valence-corrected chi connectivity index (χ2v) is 15.7. The summed E-state index contributed by atoms with van der Waals surface area (Å²) in [6.45, 7) is 9.45. The summed E-state index contributed by atoms with van der Waals surface area (Å²) in [7, 11) is -8.42. The smallest absolute Gasteiger partial charge is 0.408 e. The van der Waals surface area contributed by atoms with E-state index in [1.54, 1.807) is 24.3 Å². The Kier molecular flexibility index (Phi) is 7.17. The molecule has 3 rings (SSSR count). The summed E-state index contributed by atoms with van der Waals surface area (Å²) in [4.78, 5) is 0. The molecule has 0 aliphatic carbocycles. The molecule has 0 unspecified atom stereocenters. The third-order valence-corrected chi connectivity index (χ3v) is 11.6. The van der Waals surface area contributed by atoms with Crippen molar-refractivity contribution in [2.75, 3.05) is 13.2 Å². The minimum Gasteiger partial charge on any atom is -0.408 e. The van der Waals surface area contributed by atoms with Crippen LogP contribution in [0.15, 0.2) is 30.3 Å². The quantitative estimate of drug-likeness (QED) is 0.343. The van der Waals surface area contributed by atoms with Crippen LogP contribution in [-0.4, -0.2) is 59.9 Å². The predicted molar refractivity (Wildman–Crippen MR) is 112 cm³/mol.